The van der Waals surface area contributed by atoms with Crippen LogP contribution in [0.1, 0.15) is 35.9 Å². The molecule has 2 aliphatic rings. The lowest BCUT2D eigenvalue weighted by molar-refractivity contribution is -0.147. The molecular weight excluding hydrogens is 316 g/mol. The van der Waals surface area contributed by atoms with Crippen molar-refractivity contribution in [3.05, 3.63) is 22.4 Å². The molecule has 0 aliphatic carbocycles. The number of carbonyl (C=O) groups excluding carboxylic acids is 2. The highest BCUT2D eigenvalue weighted by molar-refractivity contribution is 7.12. The molecule has 3 rings (SSSR count). The van der Waals surface area contributed by atoms with Gasteiger partial charge in [-0.05, 0) is 36.1 Å². The van der Waals surface area contributed by atoms with Crippen LogP contribution < -0.4 is 0 Å². The lowest BCUT2D eigenvalue weighted by atomic mass is 9.76. The maximum Gasteiger partial charge on any atom is 0.326 e. The van der Waals surface area contributed by atoms with E-state index in [1.54, 1.807) is 0 Å². The minimum atomic E-state index is -0.936. The van der Waals surface area contributed by atoms with E-state index in [2.05, 4.69) is 0 Å². The zero-order chi connectivity index (χ0) is 16.6. The van der Waals surface area contributed by atoms with Gasteiger partial charge in [0.25, 0.3) is 5.91 Å². The van der Waals surface area contributed by atoms with Crippen molar-refractivity contribution in [3.63, 3.8) is 0 Å². The van der Waals surface area contributed by atoms with Crippen molar-refractivity contribution in [2.24, 2.45) is 5.41 Å². The van der Waals surface area contributed by atoms with Crippen LogP contribution in [0, 0.1) is 5.41 Å². The topological polar surface area (TPSA) is 77.9 Å². The molecule has 1 unspecified atom stereocenters. The van der Waals surface area contributed by atoms with Gasteiger partial charge in [-0.15, -0.1) is 11.3 Å². The number of aliphatic carboxylic acids is 1. The van der Waals surface area contributed by atoms with Crippen molar-refractivity contribution in [2.45, 2.75) is 32.2 Å². The molecule has 0 bridgehead atoms. The Morgan fingerprint density at radius 2 is 2.00 bits per heavy atom. The first-order valence-corrected chi connectivity index (χ1v) is 8.63. The molecule has 3 heterocycles. The van der Waals surface area contributed by atoms with Gasteiger partial charge in [-0.1, -0.05) is 6.07 Å². The molecule has 1 aromatic heterocycles. The molecule has 1 N–H and O–H groups in total. The van der Waals surface area contributed by atoms with Crippen molar-refractivity contribution < 1.29 is 19.5 Å². The van der Waals surface area contributed by atoms with E-state index in [4.69, 9.17) is 0 Å². The van der Waals surface area contributed by atoms with Crippen LogP contribution in [-0.2, 0) is 9.59 Å². The molecule has 1 spiro atoms. The van der Waals surface area contributed by atoms with E-state index in [0.29, 0.717) is 26.1 Å². The summed E-state index contributed by atoms with van der Waals surface area (Å²) in [5, 5.41) is 11.2. The summed E-state index contributed by atoms with van der Waals surface area (Å²) < 4.78 is 0. The third-order valence-electron chi connectivity index (χ3n) is 5.04. The molecule has 0 saturated carbocycles. The fourth-order valence-electron chi connectivity index (χ4n) is 3.71. The predicted molar refractivity (Wildman–Crippen MR) is 85.3 cm³/mol. The van der Waals surface area contributed by atoms with Crippen LogP contribution in [0.5, 0.6) is 0 Å². The summed E-state index contributed by atoms with van der Waals surface area (Å²) in [5.74, 6) is -1.08. The van der Waals surface area contributed by atoms with Gasteiger partial charge in [0, 0.05) is 26.6 Å². The molecule has 2 aliphatic heterocycles. The van der Waals surface area contributed by atoms with Gasteiger partial charge < -0.3 is 14.9 Å². The zero-order valence-electron chi connectivity index (χ0n) is 13.0. The Balaban J connectivity index is 1.67. The summed E-state index contributed by atoms with van der Waals surface area (Å²) in [7, 11) is 0. The molecule has 1 aromatic rings. The fraction of sp³-hybridized carbons (Fsp3) is 0.562. The van der Waals surface area contributed by atoms with E-state index in [1.165, 1.54) is 23.2 Å². The minimum absolute atomic E-state index is 0.0473. The number of rotatable bonds is 2. The molecule has 7 heteroatoms. The highest BCUT2D eigenvalue weighted by atomic mass is 32.1. The smallest absolute Gasteiger partial charge is 0.326 e. The highest BCUT2D eigenvalue weighted by Gasteiger charge is 2.49. The molecule has 0 aromatic carbocycles. The van der Waals surface area contributed by atoms with Crippen molar-refractivity contribution in [2.75, 3.05) is 19.6 Å². The highest BCUT2D eigenvalue weighted by Crippen LogP contribution is 2.43. The van der Waals surface area contributed by atoms with Crippen LogP contribution in [0.25, 0.3) is 0 Å². The molecule has 0 radical (unpaired) electrons. The van der Waals surface area contributed by atoms with E-state index in [1.807, 2.05) is 22.4 Å². The summed E-state index contributed by atoms with van der Waals surface area (Å²) in [4.78, 5) is 39.6. The molecule has 23 heavy (non-hydrogen) atoms. The Labute approximate surface area is 138 Å². The lowest BCUT2D eigenvalue weighted by Crippen LogP contribution is -2.44. The van der Waals surface area contributed by atoms with Crippen LogP contribution in [-0.4, -0.2) is 58.4 Å². The van der Waals surface area contributed by atoms with Crippen LogP contribution in [0.2, 0.25) is 0 Å². The number of carbonyl (C=O) groups is 3. The van der Waals surface area contributed by atoms with Gasteiger partial charge >= 0.3 is 5.97 Å². The number of carboxylic acid groups (broad SMARTS) is 1. The molecule has 2 saturated heterocycles. The summed E-state index contributed by atoms with van der Waals surface area (Å²) in [5.41, 5.74) is -0.166. The fourth-order valence-corrected chi connectivity index (χ4v) is 4.40. The van der Waals surface area contributed by atoms with Gasteiger partial charge in [0.1, 0.15) is 6.04 Å². The number of likely N-dealkylation sites (tertiary alicyclic amines) is 2. The summed E-state index contributed by atoms with van der Waals surface area (Å²) in [6, 6.07) is 2.96. The maximum absolute atomic E-state index is 12.4. The van der Waals surface area contributed by atoms with Crippen LogP contribution >= 0.6 is 11.3 Å². The van der Waals surface area contributed by atoms with Crippen LogP contribution in [0.15, 0.2) is 17.5 Å². The van der Waals surface area contributed by atoms with Gasteiger partial charge in [-0.3, -0.25) is 9.59 Å². The van der Waals surface area contributed by atoms with Crippen LogP contribution in [0.4, 0.5) is 0 Å². The van der Waals surface area contributed by atoms with Crippen molar-refractivity contribution in [3.8, 4) is 0 Å². The predicted octanol–water partition coefficient (Wildman–Crippen LogP) is 1.68. The first-order valence-electron chi connectivity index (χ1n) is 7.75. The average molecular weight is 336 g/mol. The number of thiophene rings is 1. The Kier molecular flexibility index (Phi) is 4.14. The van der Waals surface area contributed by atoms with Crippen LogP contribution in [0.3, 0.4) is 0 Å². The van der Waals surface area contributed by atoms with Crippen molar-refractivity contribution >= 4 is 29.1 Å². The molecule has 2 amide bonds. The number of carboxylic acids is 1. The van der Waals surface area contributed by atoms with Crippen molar-refractivity contribution in [1.82, 2.24) is 9.80 Å². The van der Waals surface area contributed by atoms with E-state index >= 15 is 0 Å². The normalized spacial score (nSPS) is 23.3. The monoisotopic (exact) mass is 336 g/mol. The van der Waals surface area contributed by atoms with Crippen molar-refractivity contribution in [1.29, 1.82) is 0 Å². The first-order chi connectivity index (χ1) is 10.9. The van der Waals surface area contributed by atoms with E-state index in [9.17, 15) is 19.5 Å². The number of amides is 2. The Morgan fingerprint density at radius 1 is 1.30 bits per heavy atom. The summed E-state index contributed by atoms with van der Waals surface area (Å²) >= 11 is 1.44. The van der Waals surface area contributed by atoms with E-state index in [-0.39, 0.29) is 17.2 Å². The minimum Gasteiger partial charge on any atom is -0.480 e. The quantitative estimate of drug-likeness (QED) is 0.891. The van der Waals surface area contributed by atoms with Gasteiger partial charge in [-0.2, -0.15) is 0 Å². The Bertz CT molecular complexity index is 596. The lowest BCUT2D eigenvalue weighted by Gasteiger charge is -2.39. The molecule has 124 valence electrons. The number of piperidine rings is 1. The Hall–Kier alpha value is -1.89. The molecule has 2 fully saturated rings. The second kappa shape index (κ2) is 5.96. The average Bonchev–Trinajstić information content (AvgIpc) is 3.15. The number of nitrogens with zero attached hydrogens (tertiary/aromatic N) is 2. The SMILES string of the molecule is CC(=O)N1CC2(CCN(C(=O)c3cccs3)CC2)CC1C(=O)O. The van der Waals surface area contributed by atoms with Gasteiger partial charge in [-0.25, -0.2) is 4.79 Å². The third-order valence-corrected chi connectivity index (χ3v) is 5.90. The van der Waals surface area contributed by atoms with Gasteiger partial charge in [0.15, 0.2) is 0 Å². The number of hydrogen-bond acceptors (Lipinski definition) is 4. The zero-order valence-corrected chi connectivity index (χ0v) is 13.8. The second-order valence-corrected chi connectivity index (χ2v) is 7.42. The third kappa shape index (κ3) is 2.97. The second-order valence-electron chi connectivity index (χ2n) is 6.47. The van der Waals surface area contributed by atoms with E-state index < -0.39 is 12.0 Å². The standard InChI is InChI=1S/C16H20N2O4S/c1-11(19)18-10-16(9-12(18)15(21)22)4-6-17(7-5-16)14(20)13-3-2-8-23-13/h2-3,8,12H,4-7,9-10H2,1H3,(H,21,22). The molecular formula is C16H20N2O4S. The van der Waals surface area contributed by atoms with Gasteiger partial charge in [0.05, 0.1) is 4.88 Å². The summed E-state index contributed by atoms with van der Waals surface area (Å²) in [6.45, 7) is 3.15. The first kappa shape index (κ1) is 16.0. The van der Waals surface area contributed by atoms with Gasteiger partial charge in [0.2, 0.25) is 5.91 Å². The Morgan fingerprint density at radius 3 is 2.48 bits per heavy atom. The molecule has 1 atom stereocenters. The largest absolute Gasteiger partial charge is 0.480 e. The molecule has 6 nitrogen and oxygen atoms in total. The summed E-state index contributed by atoms with van der Waals surface area (Å²) in [6.07, 6.45) is 1.98. The number of hydrogen-bond donors (Lipinski definition) is 1. The maximum atomic E-state index is 12.4. The van der Waals surface area contributed by atoms with E-state index in [0.717, 1.165) is 17.7 Å².